The summed E-state index contributed by atoms with van der Waals surface area (Å²) in [5.41, 5.74) is 4.06. The zero-order valence-electron chi connectivity index (χ0n) is 13.5. The van der Waals surface area contributed by atoms with Gasteiger partial charge in [0.1, 0.15) is 23.4 Å². The zero-order valence-corrected chi connectivity index (χ0v) is 15.2. The molecule has 1 aromatic rings. The number of fused-ring (bicyclic) bond motifs is 1. The second kappa shape index (κ2) is 7.54. The number of aromatic amines is 1. The Morgan fingerprint density at radius 3 is 2.85 bits per heavy atom. The molecular weight excluding hydrogens is 398 g/mol. The largest absolute Gasteiger partial charge is 0.477 e. The molecule has 2 unspecified atom stereocenters. The first-order valence-corrected chi connectivity index (χ1v) is 9.42. The molecule has 2 aliphatic rings. The van der Waals surface area contributed by atoms with Crippen LogP contribution in [0, 0.1) is 0 Å². The molecule has 11 nitrogen and oxygen atoms in total. The van der Waals surface area contributed by atoms with Gasteiger partial charge >= 0.3 is 17.1 Å². The van der Waals surface area contributed by atoms with Gasteiger partial charge in [0.05, 0.1) is 6.54 Å². The minimum absolute atomic E-state index is 0.0591. The summed E-state index contributed by atoms with van der Waals surface area (Å²) < 4.78 is 0.900. The number of aromatic nitrogens is 3. The van der Waals surface area contributed by atoms with Crippen LogP contribution in [0.3, 0.4) is 0 Å². The van der Waals surface area contributed by atoms with Crippen LogP contribution in [-0.2, 0) is 20.9 Å². The predicted octanol–water partition coefficient (Wildman–Crippen LogP) is -1.68. The van der Waals surface area contributed by atoms with E-state index in [4.69, 9.17) is 5.73 Å². The van der Waals surface area contributed by atoms with Crippen molar-refractivity contribution in [2.45, 2.75) is 23.1 Å². The molecule has 0 aromatic carbocycles. The van der Waals surface area contributed by atoms with Gasteiger partial charge in [-0.25, -0.2) is 9.89 Å². The highest BCUT2D eigenvalue weighted by Gasteiger charge is 2.51. The number of carbonyl (C=O) groups excluding carboxylic acids is 2. The van der Waals surface area contributed by atoms with E-state index >= 15 is 0 Å². The summed E-state index contributed by atoms with van der Waals surface area (Å²) in [6.07, 6.45) is 1.94. The fourth-order valence-electron chi connectivity index (χ4n) is 2.59. The lowest BCUT2D eigenvalue weighted by Crippen LogP contribution is -2.68. The van der Waals surface area contributed by atoms with Crippen LogP contribution in [-0.4, -0.2) is 60.1 Å². The summed E-state index contributed by atoms with van der Waals surface area (Å²) in [7, 11) is 0. The zero-order chi connectivity index (χ0) is 19.7. The maximum atomic E-state index is 11.9. The molecule has 3 rings (SSSR count). The fourth-order valence-corrected chi connectivity index (χ4v) is 4.59. The highest BCUT2D eigenvalue weighted by molar-refractivity contribution is 8.02. The Bertz CT molecular complexity index is 996. The van der Waals surface area contributed by atoms with Crippen LogP contribution in [0.2, 0.25) is 0 Å². The third-order valence-electron chi connectivity index (χ3n) is 3.86. The van der Waals surface area contributed by atoms with E-state index in [1.807, 2.05) is 5.10 Å². The molecule has 0 radical (unpaired) electrons. The minimum atomic E-state index is -1.25. The van der Waals surface area contributed by atoms with Gasteiger partial charge in [-0.3, -0.25) is 23.9 Å². The van der Waals surface area contributed by atoms with Crippen LogP contribution in [0.1, 0.15) is 0 Å². The summed E-state index contributed by atoms with van der Waals surface area (Å²) in [4.78, 5) is 58.4. The molecule has 1 fully saturated rings. The summed E-state index contributed by atoms with van der Waals surface area (Å²) in [6.45, 7) is -0.341. The molecule has 0 saturated carbocycles. The monoisotopic (exact) mass is 411 g/mol. The smallest absolute Gasteiger partial charge is 0.352 e. The predicted molar refractivity (Wildman–Crippen MR) is 95.9 cm³/mol. The Balaban J connectivity index is 1.88. The molecule has 13 heteroatoms. The van der Waals surface area contributed by atoms with Crippen molar-refractivity contribution in [1.82, 2.24) is 19.7 Å². The Kier molecular flexibility index (Phi) is 5.34. The lowest BCUT2D eigenvalue weighted by atomic mass is 10.0. The molecule has 2 aliphatic heterocycles. The molecule has 27 heavy (non-hydrogen) atoms. The number of nitrogens with one attached hydrogen (secondary N) is 1. The molecule has 1 aromatic heterocycles. The van der Waals surface area contributed by atoms with Gasteiger partial charge in [-0.1, -0.05) is 11.8 Å². The summed E-state index contributed by atoms with van der Waals surface area (Å²) in [6, 6.07) is -0.715. The highest BCUT2D eigenvalue weighted by Crippen LogP contribution is 2.39. The number of carboxylic acids is 1. The number of aldehydes is 1. The van der Waals surface area contributed by atoms with E-state index in [0.717, 1.165) is 21.2 Å². The molecule has 3 heterocycles. The Labute approximate surface area is 159 Å². The van der Waals surface area contributed by atoms with E-state index in [1.54, 1.807) is 0 Å². The van der Waals surface area contributed by atoms with E-state index in [-0.39, 0.29) is 17.4 Å². The van der Waals surface area contributed by atoms with Crippen molar-refractivity contribution in [3.63, 3.8) is 0 Å². The first-order chi connectivity index (χ1) is 12.9. The van der Waals surface area contributed by atoms with Gasteiger partial charge in [0.2, 0.25) is 5.91 Å². The molecular formula is C14H13N5O6S2. The van der Waals surface area contributed by atoms with Gasteiger partial charge in [-0.05, 0) is 17.1 Å². The number of rotatable bonds is 6. The van der Waals surface area contributed by atoms with Crippen LogP contribution in [0.4, 0.5) is 0 Å². The number of hydrogen-bond donors (Lipinski definition) is 3. The molecule has 142 valence electrons. The van der Waals surface area contributed by atoms with Gasteiger partial charge in [-0.15, -0.1) is 16.9 Å². The van der Waals surface area contributed by atoms with Crippen LogP contribution in [0.5, 0.6) is 0 Å². The maximum absolute atomic E-state index is 11.9. The van der Waals surface area contributed by atoms with Crippen molar-refractivity contribution in [3.8, 4) is 0 Å². The Morgan fingerprint density at radius 1 is 1.44 bits per heavy atom. The molecule has 1 saturated heterocycles. The van der Waals surface area contributed by atoms with E-state index in [2.05, 4.69) is 5.10 Å². The van der Waals surface area contributed by atoms with Crippen molar-refractivity contribution in [2.75, 3.05) is 5.75 Å². The van der Waals surface area contributed by atoms with E-state index in [9.17, 15) is 29.1 Å². The number of aliphatic carboxylic acids is 1. The highest BCUT2D eigenvalue weighted by atomic mass is 32.2. The van der Waals surface area contributed by atoms with E-state index in [0.29, 0.717) is 17.6 Å². The van der Waals surface area contributed by atoms with Crippen LogP contribution in [0.15, 0.2) is 37.5 Å². The lowest BCUT2D eigenvalue weighted by Gasteiger charge is -2.47. The maximum Gasteiger partial charge on any atom is 0.352 e. The summed E-state index contributed by atoms with van der Waals surface area (Å²) >= 11 is 2.27. The van der Waals surface area contributed by atoms with Crippen molar-refractivity contribution in [2.24, 2.45) is 5.73 Å². The minimum Gasteiger partial charge on any atom is -0.477 e. The van der Waals surface area contributed by atoms with Crippen molar-refractivity contribution >= 4 is 41.7 Å². The van der Waals surface area contributed by atoms with Gasteiger partial charge in [0, 0.05) is 5.75 Å². The topological polar surface area (TPSA) is 168 Å². The summed E-state index contributed by atoms with van der Waals surface area (Å²) in [5, 5.41) is 16.3. The number of H-pyrrole nitrogens is 1. The average Bonchev–Trinajstić information content (AvgIpc) is 2.65. The number of amides is 1. The molecule has 0 spiro atoms. The number of thioether (sulfide) groups is 2. The number of β-lactam (4-membered cyclic amide) rings is 1. The van der Waals surface area contributed by atoms with E-state index in [1.165, 1.54) is 23.2 Å². The molecule has 1 amide bonds. The molecule has 2 atom stereocenters. The van der Waals surface area contributed by atoms with Crippen LogP contribution in [0.25, 0.3) is 0 Å². The number of carboxylic acid groups (broad SMARTS) is 1. The fraction of sp³-hybridized carbons (Fsp3) is 0.286. The molecule has 0 aliphatic carbocycles. The Morgan fingerprint density at radius 2 is 2.19 bits per heavy atom. The number of nitrogens with zero attached hydrogens (tertiary/aromatic N) is 3. The first kappa shape index (κ1) is 19.1. The van der Waals surface area contributed by atoms with Crippen molar-refractivity contribution < 1.29 is 19.5 Å². The number of carbonyl (C=O) groups is 3. The average molecular weight is 411 g/mol. The van der Waals surface area contributed by atoms with Gasteiger partial charge in [0.15, 0.2) is 5.16 Å². The first-order valence-electron chi connectivity index (χ1n) is 7.50. The molecule has 0 bridgehead atoms. The van der Waals surface area contributed by atoms with Crippen LogP contribution >= 0.6 is 23.5 Å². The standard InChI is InChI=1S/C14H13N5O6S2/c15-7-10(22)19-8(13(24)25)6(5-27-12(7)19)1-4-26-14-17-16-9(21)11(23)18(14)2-3-20/h1,3-4,7,12H,2,5,15H2,(H,16,21)(H,24,25). The SMILES string of the molecule is NC1C(=O)N2C(C(=O)O)=C(C=CSc3n[nH]c(=O)c(=O)n3CC=O)CSC12. The van der Waals surface area contributed by atoms with E-state index < -0.39 is 34.4 Å². The third kappa shape index (κ3) is 3.36. The van der Waals surface area contributed by atoms with Crippen molar-refractivity contribution in [3.05, 3.63) is 43.5 Å². The number of allylic oxidation sites excluding steroid dienone is 1. The molecule has 4 N–H and O–H groups in total. The normalized spacial score (nSPS) is 22.0. The number of hydrogen-bond acceptors (Lipinski definition) is 9. The second-order valence-electron chi connectivity index (χ2n) is 5.45. The second-order valence-corrected chi connectivity index (χ2v) is 7.43. The Hall–Kier alpha value is -2.64. The third-order valence-corrected chi connectivity index (χ3v) is 5.98. The lowest BCUT2D eigenvalue weighted by molar-refractivity contribution is -0.147. The summed E-state index contributed by atoms with van der Waals surface area (Å²) in [5.74, 6) is -1.36. The quantitative estimate of drug-likeness (QED) is 0.213. The van der Waals surface area contributed by atoms with Crippen LogP contribution < -0.4 is 16.9 Å². The van der Waals surface area contributed by atoms with Gasteiger partial charge in [0.25, 0.3) is 0 Å². The van der Waals surface area contributed by atoms with Gasteiger partial charge < -0.3 is 15.6 Å². The van der Waals surface area contributed by atoms with Crippen molar-refractivity contribution in [1.29, 1.82) is 0 Å². The number of nitrogens with two attached hydrogens (primary N) is 1. The van der Waals surface area contributed by atoms with Gasteiger partial charge in [-0.2, -0.15) is 0 Å².